The lowest BCUT2D eigenvalue weighted by atomic mass is 10.1. The van der Waals surface area contributed by atoms with Crippen molar-refractivity contribution in [3.63, 3.8) is 0 Å². The quantitative estimate of drug-likeness (QED) is 0.699. The van der Waals surface area contributed by atoms with Gasteiger partial charge in [-0.1, -0.05) is 17.7 Å². The second-order valence-electron chi connectivity index (χ2n) is 6.66. The zero-order valence-electron chi connectivity index (χ0n) is 16.1. The predicted molar refractivity (Wildman–Crippen MR) is 102 cm³/mol. The number of nitrogens with one attached hydrogen (secondary N) is 1. The first-order valence-corrected chi connectivity index (χ1v) is 9.09. The molecule has 1 atom stereocenters. The van der Waals surface area contributed by atoms with Gasteiger partial charge in [-0.2, -0.15) is 13.2 Å². The highest BCUT2D eigenvalue weighted by molar-refractivity contribution is 6.32. The first-order chi connectivity index (χ1) is 13.4. The molecule has 0 aliphatic rings. The number of Topliss-reactive ketones (excluding diaryl/α,β-unsaturated/α-hetero) is 1. The van der Waals surface area contributed by atoms with Crippen molar-refractivity contribution in [3.05, 3.63) is 57.9 Å². The van der Waals surface area contributed by atoms with Crippen LogP contribution in [0.2, 0.25) is 5.02 Å². The highest BCUT2D eigenvalue weighted by Crippen LogP contribution is 2.29. The second-order valence-corrected chi connectivity index (χ2v) is 7.06. The van der Waals surface area contributed by atoms with Crippen LogP contribution in [0.3, 0.4) is 0 Å². The van der Waals surface area contributed by atoms with E-state index in [0.29, 0.717) is 22.5 Å². The lowest BCUT2D eigenvalue weighted by Gasteiger charge is -2.17. The molecule has 9 heteroatoms. The summed E-state index contributed by atoms with van der Waals surface area (Å²) < 4.78 is 41.5. The molecule has 0 bridgehead atoms. The largest absolute Gasteiger partial charge is 0.483 e. The minimum absolute atomic E-state index is 0.0105. The molecule has 1 aromatic heterocycles. The van der Waals surface area contributed by atoms with Crippen molar-refractivity contribution in [1.29, 1.82) is 0 Å². The topological polar surface area (TPSA) is 68.3 Å². The standard InChI is InChI=1S/C20H20ClF3N2O3/c1-11-6-15(8-16(25-11)7-12(2)27)19(28)26-13(3)14-4-5-18(17(21)9-14)29-10-20(22,23)24/h4-6,8-9,13H,7,10H2,1-3H3,(H,26,28). The van der Waals surface area contributed by atoms with Gasteiger partial charge in [0.15, 0.2) is 6.61 Å². The van der Waals surface area contributed by atoms with Crippen LogP contribution in [-0.2, 0) is 11.2 Å². The highest BCUT2D eigenvalue weighted by Gasteiger charge is 2.28. The van der Waals surface area contributed by atoms with Gasteiger partial charge in [-0.15, -0.1) is 0 Å². The molecule has 0 fully saturated rings. The number of amides is 1. The Labute approximate surface area is 171 Å². The Morgan fingerprint density at radius 3 is 2.52 bits per heavy atom. The minimum atomic E-state index is -4.47. The molecule has 1 amide bonds. The van der Waals surface area contributed by atoms with E-state index in [1.54, 1.807) is 26.0 Å². The molecule has 1 aromatic carbocycles. The maximum Gasteiger partial charge on any atom is 0.422 e. The molecule has 0 radical (unpaired) electrons. The summed E-state index contributed by atoms with van der Waals surface area (Å²) in [4.78, 5) is 28.1. The first-order valence-electron chi connectivity index (χ1n) is 8.71. The van der Waals surface area contributed by atoms with Gasteiger partial charge in [-0.05, 0) is 50.6 Å². The van der Waals surface area contributed by atoms with E-state index in [4.69, 9.17) is 11.6 Å². The summed E-state index contributed by atoms with van der Waals surface area (Å²) in [5, 5.41) is 2.80. The Bertz CT molecular complexity index is 916. The SMILES string of the molecule is CC(=O)Cc1cc(C(=O)NC(C)c2ccc(OCC(F)(F)F)c(Cl)c2)cc(C)n1. The van der Waals surface area contributed by atoms with E-state index in [1.165, 1.54) is 25.1 Å². The zero-order chi connectivity index (χ0) is 21.8. The molecule has 0 aliphatic heterocycles. The Hall–Kier alpha value is -2.61. The number of nitrogens with zero attached hydrogens (tertiary/aromatic N) is 1. The van der Waals surface area contributed by atoms with Crippen LogP contribution in [0.1, 0.15) is 47.2 Å². The molecule has 1 heterocycles. The number of aromatic nitrogens is 1. The molecular formula is C20H20ClF3N2O3. The van der Waals surface area contributed by atoms with E-state index in [2.05, 4.69) is 15.0 Å². The lowest BCUT2D eigenvalue weighted by molar-refractivity contribution is -0.153. The number of aryl methyl sites for hydroxylation is 1. The average molecular weight is 429 g/mol. The number of hydrogen-bond donors (Lipinski definition) is 1. The normalized spacial score (nSPS) is 12.4. The molecule has 1 unspecified atom stereocenters. The molecule has 0 saturated carbocycles. The van der Waals surface area contributed by atoms with Crippen LogP contribution >= 0.6 is 11.6 Å². The van der Waals surface area contributed by atoms with Crippen LogP contribution in [-0.4, -0.2) is 29.5 Å². The smallest absolute Gasteiger partial charge is 0.422 e. The summed E-state index contributed by atoms with van der Waals surface area (Å²) in [6.45, 7) is 3.44. The van der Waals surface area contributed by atoms with Crippen molar-refractivity contribution >= 4 is 23.3 Å². The van der Waals surface area contributed by atoms with Crippen molar-refractivity contribution < 1.29 is 27.5 Å². The van der Waals surface area contributed by atoms with Crippen molar-refractivity contribution in [2.75, 3.05) is 6.61 Å². The van der Waals surface area contributed by atoms with Gasteiger partial charge in [-0.25, -0.2) is 0 Å². The van der Waals surface area contributed by atoms with Gasteiger partial charge in [0.1, 0.15) is 11.5 Å². The van der Waals surface area contributed by atoms with Crippen LogP contribution < -0.4 is 10.1 Å². The Balaban J connectivity index is 2.10. The first kappa shape index (κ1) is 22.7. The van der Waals surface area contributed by atoms with Gasteiger partial charge in [0.25, 0.3) is 5.91 Å². The zero-order valence-corrected chi connectivity index (χ0v) is 16.8. The van der Waals surface area contributed by atoms with E-state index in [-0.39, 0.29) is 28.9 Å². The minimum Gasteiger partial charge on any atom is -0.483 e. The summed E-state index contributed by atoms with van der Waals surface area (Å²) in [6, 6.07) is 6.98. The van der Waals surface area contributed by atoms with Gasteiger partial charge >= 0.3 is 6.18 Å². The number of carbonyl (C=O) groups is 2. The monoisotopic (exact) mass is 428 g/mol. The molecule has 2 aromatic rings. The number of pyridine rings is 1. The van der Waals surface area contributed by atoms with Crippen LogP contribution in [0.4, 0.5) is 13.2 Å². The summed E-state index contributed by atoms with van der Waals surface area (Å²) >= 11 is 6.00. The number of alkyl halides is 3. The molecule has 1 N–H and O–H groups in total. The van der Waals surface area contributed by atoms with Crippen molar-refractivity contribution in [2.24, 2.45) is 0 Å². The molecule has 0 aliphatic carbocycles. The van der Waals surface area contributed by atoms with Gasteiger partial charge in [0, 0.05) is 23.4 Å². The summed E-state index contributed by atoms with van der Waals surface area (Å²) in [7, 11) is 0. The fraction of sp³-hybridized carbons (Fsp3) is 0.350. The van der Waals surface area contributed by atoms with Gasteiger partial charge < -0.3 is 10.1 Å². The maximum atomic E-state index is 12.6. The van der Waals surface area contributed by atoms with Gasteiger partial charge in [0.2, 0.25) is 0 Å². The van der Waals surface area contributed by atoms with Crippen LogP contribution in [0, 0.1) is 6.92 Å². The van der Waals surface area contributed by atoms with Crippen molar-refractivity contribution in [1.82, 2.24) is 10.3 Å². The van der Waals surface area contributed by atoms with Crippen molar-refractivity contribution in [3.8, 4) is 5.75 Å². The van der Waals surface area contributed by atoms with Crippen LogP contribution in [0.25, 0.3) is 0 Å². The van der Waals surface area contributed by atoms with E-state index < -0.39 is 18.8 Å². The molecular weight excluding hydrogens is 409 g/mol. The maximum absolute atomic E-state index is 12.6. The summed E-state index contributed by atoms with van der Waals surface area (Å²) in [5.41, 5.74) is 2.06. The summed E-state index contributed by atoms with van der Waals surface area (Å²) in [5.74, 6) is -0.531. The van der Waals surface area contributed by atoms with E-state index in [9.17, 15) is 22.8 Å². The number of benzene rings is 1. The van der Waals surface area contributed by atoms with Gasteiger partial charge in [-0.3, -0.25) is 14.6 Å². The van der Waals surface area contributed by atoms with E-state index in [1.807, 2.05) is 0 Å². The Morgan fingerprint density at radius 2 is 1.93 bits per heavy atom. The number of halogens is 4. The Morgan fingerprint density at radius 1 is 1.24 bits per heavy atom. The third kappa shape index (κ3) is 7.05. The molecule has 29 heavy (non-hydrogen) atoms. The molecule has 156 valence electrons. The molecule has 5 nitrogen and oxygen atoms in total. The third-order valence-corrected chi connectivity index (χ3v) is 4.19. The van der Waals surface area contributed by atoms with Crippen LogP contribution in [0.5, 0.6) is 5.75 Å². The number of rotatable bonds is 7. The van der Waals surface area contributed by atoms with E-state index >= 15 is 0 Å². The lowest BCUT2D eigenvalue weighted by Crippen LogP contribution is -2.27. The fourth-order valence-electron chi connectivity index (χ4n) is 2.64. The van der Waals surface area contributed by atoms with E-state index in [0.717, 1.165) is 0 Å². The fourth-order valence-corrected chi connectivity index (χ4v) is 2.88. The van der Waals surface area contributed by atoms with Crippen LogP contribution in [0.15, 0.2) is 30.3 Å². The predicted octanol–water partition coefficient (Wildman–Crippen LogP) is 4.61. The Kier molecular flexibility index (Phi) is 7.24. The van der Waals surface area contributed by atoms with Crippen molar-refractivity contribution in [2.45, 2.75) is 39.4 Å². The molecule has 0 spiro atoms. The number of ether oxygens (including phenoxy) is 1. The number of ketones is 1. The number of carbonyl (C=O) groups excluding carboxylic acids is 2. The highest BCUT2D eigenvalue weighted by atomic mass is 35.5. The average Bonchev–Trinajstić information content (AvgIpc) is 2.58. The second kappa shape index (κ2) is 9.26. The summed E-state index contributed by atoms with van der Waals surface area (Å²) in [6.07, 6.45) is -4.33. The molecule has 2 rings (SSSR count). The third-order valence-electron chi connectivity index (χ3n) is 3.89. The van der Waals surface area contributed by atoms with Gasteiger partial charge in [0.05, 0.1) is 11.1 Å². The molecule has 0 saturated heterocycles. The number of hydrogen-bond acceptors (Lipinski definition) is 4.